The lowest BCUT2D eigenvalue weighted by atomic mass is 10.1. The van der Waals surface area contributed by atoms with E-state index in [-0.39, 0.29) is 12.6 Å². The smallest absolute Gasteiger partial charge is 0.240 e. The number of aliphatic hydroxyl groups excluding tert-OH is 1. The van der Waals surface area contributed by atoms with Gasteiger partial charge in [-0.2, -0.15) is 0 Å². The number of aryl methyl sites for hydroxylation is 2. The molecule has 2 aliphatic rings. The zero-order valence-corrected chi connectivity index (χ0v) is 17.0. The van der Waals surface area contributed by atoms with E-state index in [0.29, 0.717) is 18.5 Å². The number of likely N-dealkylation sites (tertiary alicyclic amines) is 2. The molecule has 152 valence electrons. The fraction of sp³-hybridized carbons (Fsp3) is 0.609. The van der Waals surface area contributed by atoms with Gasteiger partial charge >= 0.3 is 0 Å². The van der Waals surface area contributed by atoms with Crippen molar-refractivity contribution in [1.29, 1.82) is 0 Å². The Morgan fingerprint density at radius 2 is 2.00 bits per heavy atom. The Morgan fingerprint density at radius 1 is 1.18 bits per heavy atom. The van der Waals surface area contributed by atoms with Gasteiger partial charge in [-0.05, 0) is 69.5 Å². The van der Waals surface area contributed by atoms with Gasteiger partial charge in [-0.25, -0.2) is 0 Å². The van der Waals surface area contributed by atoms with Crippen molar-refractivity contribution in [1.82, 2.24) is 14.4 Å². The van der Waals surface area contributed by atoms with Crippen LogP contribution in [0.1, 0.15) is 44.7 Å². The summed E-state index contributed by atoms with van der Waals surface area (Å²) in [7, 11) is 0. The van der Waals surface area contributed by atoms with Crippen molar-refractivity contribution in [3.63, 3.8) is 0 Å². The molecule has 0 unspecified atom stereocenters. The second-order valence-electron chi connectivity index (χ2n) is 8.22. The summed E-state index contributed by atoms with van der Waals surface area (Å²) in [6, 6.07) is 11.2. The van der Waals surface area contributed by atoms with Gasteiger partial charge in [0.1, 0.15) is 0 Å². The maximum Gasteiger partial charge on any atom is 0.240 e. The first-order chi connectivity index (χ1) is 13.7. The van der Waals surface area contributed by atoms with E-state index in [4.69, 9.17) is 0 Å². The van der Waals surface area contributed by atoms with E-state index in [1.54, 1.807) is 0 Å². The lowest BCUT2D eigenvalue weighted by molar-refractivity contribution is -0.137. The molecule has 2 aromatic rings. The summed E-state index contributed by atoms with van der Waals surface area (Å²) < 4.78 is 2.41. The van der Waals surface area contributed by atoms with E-state index in [0.717, 1.165) is 58.2 Å². The number of aromatic nitrogens is 1. The van der Waals surface area contributed by atoms with Gasteiger partial charge in [0, 0.05) is 36.9 Å². The van der Waals surface area contributed by atoms with Gasteiger partial charge < -0.3 is 14.6 Å². The third-order valence-electron chi connectivity index (χ3n) is 6.64. The molecule has 1 amide bonds. The number of β-amino-alcohol motifs (C(OH)–C–C–N with tert-alkyl or cyclic N) is 1. The Balaban J connectivity index is 1.44. The maximum atomic E-state index is 13.2. The summed E-state index contributed by atoms with van der Waals surface area (Å²) in [5.41, 5.74) is 2.69. The van der Waals surface area contributed by atoms with Crippen LogP contribution in [0.3, 0.4) is 0 Å². The first-order valence-corrected chi connectivity index (χ1v) is 11.0. The van der Waals surface area contributed by atoms with E-state index in [1.807, 2.05) is 0 Å². The zero-order valence-electron chi connectivity index (χ0n) is 17.0. The average Bonchev–Trinajstić information content (AvgIpc) is 3.43. The summed E-state index contributed by atoms with van der Waals surface area (Å²) in [5, 5.41) is 10.6. The molecule has 1 aromatic carbocycles. The Labute approximate surface area is 167 Å². The second kappa shape index (κ2) is 8.66. The molecule has 0 bridgehead atoms. The van der Waals surface area contributed by atoms with E-state index in [9.17, 15) is 9.90 Å². The predicted octanol–water partition coefficient (Wildman–Crippen LogP) is 3.04. The number of nitrogens with zero attached hydrogens (tertiary/aromatic N) is 3. The number of amides is 1. The summed E-state index contributed by atoms with van der Waals surface area (Å²) in [6.45, 7) is 5.77. The lowest BCUT2D eigenvalue weighted by Crippen LogP contribution is -2.48. The topological polar surface area (TPSA) is 48.7 Å². The van der Waals surface area contributed by atoms with E-state index >= 15 is 0 Å². The minimum Gasteiger partial charge on any atom is -0.395 e. The molecule has 1 aromatic heterocycles. The minimum absolute atomic E-state index is 0.0187. The van der Waals surface area contributed by atoms with Gasteiger partial charge in [-0.3, -0.25) is 9.69 Å². The second-order valence-corrected chi connectivity index (χ2v) is 8.22. The van der Waals surface area contributed by atoms with Crippen molar-refractivity contribution in [3.8, 4) is 0 Å². The van der Waals surface area contributed by atoms with Gasteiger partial charge in [0.05, 0.1) is 12.6 Å². The number of para-hydroxylation sites is 1. The van der Waals surface area contributed by atoms with Gasteiger partial charge in [-0.1, -0.05) is 18.2 Å². The van der Waals surface area contributed by atoms with Crippen molar-refractivity contribution in [2.45, 2.75) is 64.1 Å². The first kappa shape index (κ1) is 19.5. The molecular formula is C23H33N3O2. The molecule has 2 saturated heterocycles. The minimum atomic E-state index is -0.0187. The fourth-order valence-corrected chi connectivity index (χ4v) is 5.28. The number of aliphatic hydroxyl groups is 1. The van der Waals surface area contributed by atoms with Gasteiger partial charge in [0.25, 0.3) is 0 Å². The highest BCUT2D eigenvalue weighted by Gasteiger charge is 2.37. The number of fused-ring (bicyclic) bond motifs is 1. The molecule has 4 rings (SSSR count). The number of hydrogen-bond donors (Lipinski definition) is 1. The summed E-state index contributed by atoms with van der Waals surface area (Å²) >= 11 is 0. The van der Waals surface area contributed by atoms with Crippen molar-refractivity contribution in [2.75, 3.05) is 26.2 Å². The highest BCUT2D eigenvalue weighted by Crippen LogP contribution is 2.28. The lowest BCUT2D eigenvalue weighted by Gasteiger charge is -2.31. The maximum absolute atomic E-state index is 13.2. The monoisotopic (exact) mass is 383 g/mol. The molecule has 2 fully saturated rings. The van der Waals surface area contributed by atoms with Crippen LogP contribution in [-0.2, 0) is 17.8 Å². The van der Waals surface area contributed by atoms with Crippen LogP contribution in [0.2, 0.25) is 0 Å². The molecule has 0 aliphatic carbocycles. The van der Waals surface area contributed by atoms with Gasteiger partial charge in [-0.15, -0.1) is 0 Å². The molecule has 2 atom stereocenters. The van der Waals surface area contributed by atoms with E-state index in [2.05, 4.69) is 51.6 Å². The van der Waals surface area contributed by atoms with Gasteiger partial charge in [0.2, 0.25) is 5.91 Å². The Bertz CT molecular complexity index is 815. The van der Waals surface area contributed by atoms with E-state index in [1.165, 1.54) is 16.6 Å². The molecule has 28 heavy (non-hydrogen) atoms. The molecular weight excluding hydrogens is 350 g/mol. The standard InChI is InChI=1S/C23H33N3O2/c1-2-25-20(17-18-7-3-4-9-21(18)25)12-11-19-8-5-14-26(19)23(28)22-10-6-13-24(22)15-16-27/h3-4,7,9,17,19,22,27H,2,5-6,8,10-16H2,1H3/t19-,22+/m0/s1. The van der Waals surface area contributed by atoms with E-state index < -0.39 is 0 Å². The highest BCUT2D eigenvalue weighted by atomic mass is 16.3. The number of benzene rings is 1. The number of carbonyl (C=O) groups is 1. The summed E-state index contributed by atoms with van der Waals surface area (Å²) in [6.07, 6.45) is 6.28. The van der Waals surface area contributed by atoms with Crippen LogP contribution in [0.25, 0.3) is 10.9 Å². The van der Waals surface area contributed by atoms with Crippen LogP contribution in [0, 0.1) is 0 Å². The third kappa shape index (κ3) is 3.70. The SMILES string of the molecule is CCn1c(CC[C@@H]2CCCN2C(=O)[C@H]2CCCN2CCO)cc2ccccc21. The normalized spacial score (nSPS) is 23.1. The predicted molar refractivity (Wildman–Crippen MR) is 112 cm³/mol. The summed E-state index contributed by atoms with van der Waals surface area (Å²) in [4.78, 5) is 17.5. The molecule has 0 radical (unpaired) electrons. The Morgan fingerprint density at radius 3 is 2.82 bits per heavy atom. The van der Waals surface area contributed by atoms with Crippen molar-refractivity contribution < 1.29 is 9.90 Å². The van der Waals surface area contributed by atoms with Crippen molar-refractivity contribution in [3.05, 3.63) is 36.0 Å². The first-order valence-electron chi connectivity index (χ1n) is 11.0. The Hall–Kier alpha value is -1.85. The van der Waals surface area contributed by atoms with Crippen LogP contribution in [-0.4, -0.2) is 63.7 Å². The quantitative estimate of drug-likeness (QED) is 0.799. The zero-order chi connectivity index (χ0) is 19.5. The molecule has 1 N–H and O–H groups in total. The van der Waals surface area contributed by atoms with Crippen LogP contribution in [0.15, 0.2) is 30.3 Å². The Kier molecular flexibility index (Phi) is 6.02. The third-order valence-corrected chi connectivity index (χ3v) is 6.64. The van der Waals surface area contributed by atoms with Crippen LogP contribution < -0.4 is 0 Å². The molecule has 2 aliphatic heterocycles. The van der Waals surface area contributed by atoms with Crippen molar-refractivity contribution in [2.24, 2.45) is 0 Å². The average molecular weight is 384 g/mol. The number of carbonyl (C=O) groups excluding carboxylic acids is 1. The van der Waals surface area contributed by atoms with Crippen molar-refractivity contribution >= 4 is 16.8 Å². The fourth-order valence-electron chi connectivity index (χ4n) is 5.28. The van der Waals surface area contributed by atoms with Crippen LogP contribution >= 0.6 is 0 Å². The highest BCUT2D eigenvalue weighted by molar-refractivity contribution is 5.83. The summed E-state index contributed by atoms with van der Waals surface area (Å²) in [5.74, 6) is 0.296. The molecule has 0 saturated carbocycles. The number of rotatable bonds is 7. The molecule has 5 heteroatoms. The molecule has 5 nitrogen and oxygen atoms in total. The number of hydrogen-bond acceptors (Lipinski definition) is 3. The van der Waals surface area contributed by atoms with Crippen LogP contribution in [0.4, 0.5) is 0 Å². The molecule has 3 heterocycles. The van der Waals surface area contributed by atoms with Gasteiger partial charge in [0.15, 0.2) is 0 Å². The molecule has 0 spiro atoms. The largest absolute Gasteiger partial charge is 0.395 e. The van der Waals surface area contributed by atoms with Crippen LogP contribution in [0.5, 0.6) is 0 Å².